The Morgan fingerprint density at radius 3 is 2.75 bits per heavy atom. The van der Waals surface area contributed by atoms with Crippen LogP contribution < -0.4 is 0 Å². The molecule has 0 saturated heterocycles. The highest BCUT2D eigenvalue weighted by Crippen LogP contribution is 2.29. The number of hydrogen-bond donors (Lipinski definition) is 2. The molecule has 1 aliphatic heterocycles. The van der Waals surface area contributed by atoms with Gasteiger partial charge in [0, 0.05) is 18.7 Å². The van der Waals surface area contributed by atoms with Crippen molar-refractivity contribution in [1.29, 1.82) is 0 Å². The van der Waals surface area contributed by atoms with Crippen LogP contribution in [0.5, 0.6) is 0 Å². The first kappa shape index (κ1) is 10.8. The molecule has 0 spiro atoms. The van der Waals surface area contributed by atoms with E-state index in [1.165, 1.54) is 0 Å². The van der Waals surface area contributed by atoms with Crippen molar-refractivity contribution >= 4 is 6.09 Å². The lowest BCUT2D eigenvalue weighted by molar-refractivity contribution is -0.144. The Bertz CT molecular complexity index is 427. The highest BCUT2D eigenvalue weighted by Gasteiger charge is 2.36. The van der Waals surface area contributed by atoms with E-state index >= 15 is 0 Å². The highest BCUT2D eigenvalue weighted by atomic mass is 19.4. The molecule has 0 aromatic carbocycles. The number of hydrogen-bond acceptors (Lipinski definition) is 2. The number of fused-ring (bicyclic) bond motifs is 1. The summed E-state index contributed by atoms with van der Waals surface area (Å²) in [5.74, 6) is -1.07. The first-order valence-corrected chi connectivity index (χ1v) is 4.51. The van der Waals surface area contributed by atoms with Crippen LogP contribution in [-0.4, -0.2) is 32.6 Å². The number of carbonyl (C=O) groups is 1. The molecular formula is C8H8F3N3O2. The molecule has 0 radical (unpaired) electrons. The zero-order valence-corrected chi connectivity index (χ0v) is 8.01. The van der Waals surface area contributed by atoms with Crippen LogP contribution in [0.4, 0.5) is 18.0 Å². The second-order valence-corrected chi connectivity index (χ2v) is 3.46. The number of imidazole rings is 1. The number of nitrogens with zero attached hydrogens (tertiary/aromatic N) is 2. The van der Waals surface area contributed by atoms with E-state index in [9.17, 15) is 18.0 Å². The molecule has 0 atom stereocenters. The highest BCUT2D eigenvalue weighted by molar-refractivity contribution is 5.65. The fourth-order valence-electron chi connectivity index (χ4n) is 1.59. The number of aromatic nitrogens is 2. The first-order valence-electron chi connectivity index (χ1n) is 4.51. The molecule has 88 valence electrons. The largest absolute Gasteiger partial charge is 0.465 e. The van der Waals surface area contributed by atoms with Gasteiger partial charge in [0.15, 0.2) is 0 Å². The molecule has 2 rings (SSSR count). The van der Waals surface area contributed by atoms with Gasteiger partial charge in [0.25, 0.3) is 0 Å². The zero-order chi connectivity index (χ0) is 11.9. The summed E-state index contributed by atoms with van der Waals surface area (Å²) >= 11 is 0. The van der Waals surface area contributed by atoms with E-state index in [-0.39, 0.29) is 25.2 Å². The maximum atomic E-state index is 12.3. The lowest BCUT2D eigenvalue weighted by atomic mass is 10.1. The van der Waals surface area contributed by atoms with E-state index in [0.717, 1.165) is 4.90 Å². The van der Waals surface area contributed by atoms with E-state index in [4.69, 9.17) is 5.11 Å². The van der Waals surface area contributed by atoms with E-state index < -0.39 is 18.1 Å². The van der Waals surface area contributed by atoms with Crippen molar-refractivity contribution < 1.29 is 23.1 Å². The summed E-state index contributed by atoms with van der Waals surface area (Å²) in [5.41, 5.74) is 0.519. The number of halogens is 3. The molecule has 0 fully saturated rings. The fraction of sp³-hybridized carbons (Fsp3) is 0.500. The number of rotatable bonds is 0. The maximum absolute atomic E-state index is 12.3. The van der Waals surface area contributed by atoms with Gasteiger partial charge < -0.3 is 15.0 Å². The van der Waals surface area contributed by atoms with Crippen LogP contribution in [-0.2, 0) is 19.1 Å². The normalized spacial score (nSPS) is 16.1. The topological polar surface area (TPSA) is 69.2 Å². The van der Waals surface area contributed by atoms with Gasteiger partial charge in [0.1, 0.15) is 0 Å². The third kappa shape index (κ3) is 1.82. The molecule has 16 heavy (non-hydrogen) atoms. The van der Waals surface area contributed by atoms with Gasteiger partial charge in [-0.1, -0.05) is 0 Å². The number of carboxylic acid groups (broad SMARTS) is 1. The lowest BCUT2D eigenvalue weighted by Gasteiger charge is -2.22. The molecular weight excluding hydrogens is 227 g/mol. The van der Waals surface area contributed by atoms with Crippen LogP contribution in [0.3, 0.4) is 0 Å². The quantitative estimate of drug-likeness (QED) is 0.715. The third-order valence-corrected chi connectivity index (χ3v) is 2.38. The van der Waals surface area contributed by atoms with Gasteiger partial charge in [-0.2, -0.15) is 13.2 Å². The Balaban J connectivity index is 2.27. The van der Waals surface area contributed by atoms with Gasteiger partial charge in [-0.25, -0.2) is 9.78 Å². The van der Waals surface area contributed by atoms with Gasteiger partial charge in [-0.3, -0.25) is 0 Å². The van der Waals surface area contributed by atoms with Crippen LogP contribution in [0.2, 0.25) is 0 Å². The predicted octanol–water partition coefficient (Wildman–Crippen LogP) is 1.46. The molecule has 0 aliphatic carbocycles. The summed E-state index contributed by atoms with van der Waals surface area (Å²) < 4.78 is 36.9. The van der Waals surface area contributed by atoms with Crippen molar-refractivity contribution in [2.75, 3.05) is 6.54 Å². The fourth-order valence-corrected chi connectivity index (χ4v) is 1.59. The molecule has 0 unspecified atom stereocenters. The third-order valence-electron chi connectivity index (χ3n) is 2.38. The van der Waals surface area contributed by atoms with Crippen molar-refractivity contribution in [3.63, 3.8) is 0 Å². The van der Waals surface area contributed by atoms with E-state index in [0.29, 0.717) is 5.69 Å². The number of alkyl halides is 3. The van der Waals surface area contributed by atoms with Crippen molar-refractivity contribution in [2.24, 2.45) is 0 Å². The molecule has 2 N–H and O–H groups in total. The monoisotopic (exact) mass is 235 g/mol. The second kappa shape index (κ2) is 3.39. The Morgan fingerprint density at radius 2 is 2.19 bits per heavy atom. The molecule has 0 bridgehead atoms. The molecule has 2 heterocycles. The van der Waals surface area contributed by atoms with E-state index in [2.05, 4.69) is 9.97 Å². The smallest absolute Gasteiger partial charge is 0.449 e. The number of nitrogens with one attached hydrogen (secondary N) is 1. The predicted molar refractivity (Wildman–Crippen MR) is 45.7 cm³/mol. The average molecular weight is 235 g/mol. The van der Waals surface area contributed by atoms with Crippen LogP contribution in [0.15, 0.2) is 0 Å². The minimum Gasteiger partial charge on any atom is -0.465 e. The van der Waals surface area contributed by atoms with Crippen LogP contribution in [0.1, 0.15) is 17.2 Å². The van der Waals surface area contributed by atoms with Crippen LogP contribution >= 0.6 is 0 Å². The van der Waals surface area contributed by atoms with Crippen molar-refractivity contribution in [1.82, 2.24) is 14.9 Å². The lowest BCUT2D eigenvalue weighted by Crippen LogP contribution is -2.34. The zero-order valence-electron chi connectivity index (χ0n) is 8.01. The SMILES string of the molecule is O=C(O)N1CCc2[nH]c(C(F)(F)F)nc2C1. The molecule has 1 aliphatic rings. The standard InChI is InChI=1S/C8H8F3N3O2/c9-8(10,11)6-12-4-1-2-14(7(15)16)3-5(4)13-6/h1-3H2,(H,12,13)(H,15,16). The van der Waals surface area contributed by atoms with Gasteiger partial charge in [0.2, 0.25) is 5.82 Å². The minimum atomic E-state index is -4.52. The molecule has 1 aromatic rings. The Kier molecular flexibility index (Phi) is 2.28. The van der Waals surface area contributed by atoms with Crippen molar-refractivity contribution in [2.45, 2.75) is 19.1 Å². The summed E-state index contributed by atoms with van der Waals surface area (Å²) in [6.45, 7) is 0.0824. The van der Waals surface area contributed by atoms with Crippen molar-refractivity contribution in [3.05, 3.63) is 17.2 Å². The summed E-state index contributed by atoms with van der Waals surface area (Å²) in [7, 11) is 0. The van der Waals surface area contributed by atoms with Crippen molar-refractivity contribution in [3.8, 4) is 0 Å². The Hall–Kier alpha value is -1.73. The molecule has 0 saturated carbocycles. The van der Waals surface area contributed by atoms with Crippen LogP contribution in [0, 0.1) is 0 Å². The summed E-state index contributed by atoms with van der Waals surface area (Å²) in [6.07, 6.45) is -5.45. The number of amides is 1. The van der Waals surface area contributed by atoms with Gasteiger partial charge in [-0.05, 0) is 0 Å². The van der Waals surface area contributed by atoms with E-state index in [1.54, 1.807) is 0 Å². The van der Waals surface area contributed by atoms with E-state index in [1.807, 2.05) is 0 Å². The molecule has 1 aromatic heterocycles. The number of H-pyrrole nitrogens is 1. The second-order valence-electron chi connectivity index (χ2n) is 3.46. The minimum absolute atomic E-state index is 0.1000. The van der Waals surface area contributed by atoms with Crippen LogP contribution in [0.25, 0.3) is 0 Å². The van der Waals surface area contributed by atoms with Gasteiger partial charge >= 0.3 is 12.3 Å². The molecule has 1 amide bonds. The summed E-state index contributed by atoms with van der Waals surface area (Å²) in [6, 6.07) is 0. The Labute approximate surface area is 87.9 Å². The molecule has 8 heteroatoms. The summed E-state index contributed by atoms with van der Waals surface area (Å²) in [5, 5.41) is 8.70. The number of aromatic amines is 1. The van der Waals surface area contributed by atoms with Gasteiger partial charge in [0.05, 0.1) is 12.2 Å². The maximum Gasteiger partial charge on any atom is 0.449 e. The first-order chi connectivity index (χ1) is 7.38. The average Bonchev–Trinajstić information content (AvgIpc) is 2.58. The molecule has 5 nitrogen and oxygen atoms in total. The Morgan fingerprint density at radius 1 is 1.50 bits per heavy atom. The van der Waals surface area contributed by atoms with Gasteiger partial charge in [-0.15, -0.1) is 0 Å². The summed E-state index contributed by atoms with van der Waals surface area (Å²) in [4.78, 5) is 17.2.